The van der Waals surface area contributed by atoms with Crippen LogP contribution in [-0.2, 0) is 0 Å². The van der Waals surface area contributed by atoms with Crippen LogP contribution in [0.5, 0.6) is 0 Å². The fourth-order valence-corrected chi connectivity index (χ4v) is 2.20. The number of fused-ring (bicyclic) bond motifs is 1. The maximum Gasteiger partial charge on any atom is 0.152 e. The molecule has 0 atom stereocenters. The minimum Gasteiger partial charge on any atom is -0.454 e. The molecule has 0 unspecified atom stereocenters. The van der Waals surface area contributed by atoms with Gasteiger partial charge in [0.15, 0.2) is 5.58 Å². The van der Waals surface area contributed by atoms with Gasteiger partial charge in [0.1, 0.15) is 11.8 Å². The Morgan fingerprint density at radius 1 is 1.00 bits per heavy atom. The van der Waals surface area contributed by atoms with E-state index in [0.29, 0.717) is 11.1 Å². The standard InChI is InChI=1S/C16H11NO/c1-11-14-9-5-8-13(10-17)16(14)18-15(11)12-6-3-2-4-7-12/h2-9H,1H3. The van der Waals surface area contributed by atoms with Gasteiger partial charge in [0.2, 0.25) is 0 Å². The molecule has 86 valence electrons. The highest BCUT2D eigenvalue weighted by Gasteiger charge is 2.14. The predicted octanol–water partition coefficient (Wildman–Crippen LogP) is 4.28. The molecule has 2 aromatic carbocycles. The van der Waals surface area contributed by atoms with Gasteiger partial charge in [-0.05, 0) is 13.0 Å². The van der Waals surface area contributed by atoms with Crippen molar-refractivity contribution in [3.8, 4) is 17.4 Å². The summed E-state index contributed by atoms with van der Waals surface area (Å²) < 4.78 is 5.88. The molecule has 0 saturated heterocycles. The average molecular weight is 233 g/mol. The molecule has 18 heavy (non-hydrogen) atoms. The van der Waals surface area contributed by atoms with Gasteiger partial charge >= 0.3 is 0 Å². The highest BCUT2D eigenvalue weighted by atomic mass is 16.3. The molecule has 0 amide bonds. The monoisotopic (exact) mass is 233 g/mol. The zero-order valence-corrected chi connectivity index (χ0v) is 9.97. The molecule has 0 radical (unpaired) electrons. The zero-order chi connectivity index (χ0) is 12.5. The number of rotatable bonds is 1. The topological polar surface area (TPSA) is 36.9 Å². The minimum atomic E-state index is 0.581. The van der Waals surface area contributed by atoms with Crippen LogP contribution >= 0.6 is 0 Å². The van der Waals surface area contributed by atoms with E-state index in [0.717, 1.165) is 22.3 Å². The molecule has 2 heteroatoms. The molecular weight excluding hydrogens is 222 g/mol. The predicted molar refractivity (Wildman–Crippen MR) is 71.1 cm³/mol. The van der Waals surface area contributed by atoms with E-state index in [-0.39, 0.29) is 0 Å². The van der Waals surface area contributed by atoms with Crippen LogP contribution in [0.2, 0.25) is 0 Å². The summed E-state index contributed by atoms with van der Waals surface area (Å²) in [6, 6.07) is 17.8. The van der Waals surface area contributed by atoms with E-state index >= 15 is 0 Å². The van der Waals surface area contributed by atoms with Gasteiger partial charge in [0, 0.05) is 16.5 Å². The van der Waals surface area contributed by atoms with E-state index in [9.17, 15) is 0 Å². The van der Waals surface area contributed by atoms with Crippen molar-refractivity contribution >= 4 is 11.0 Å². The van der Waals surface area contributed by atoms with Gasteiger partial charge in [-0.1, -0.05) is 42.5 Å². The Morgan fingerprint density at radius 3 is 2.50 bits per heavy atom. The highest BCUT2D eigenvalue weighted by molar-refractivity contribution is 5.91. The van der Waals surface area contributed by atoms with Gasteiger partial charge in [-0.25, -0.2) is 0 Å². The average Bonchev–Trinajstić information content (AvgIpc) is 2.77. The van der Waals surface area contributed by atoms with Crippen molar-refractivity contribution < 1.29 is 4.42 Å². The molecule has 0 aliphatic carbocycles. The summed E-state index contributed by atoms with van der Waals surface area (Å²) in [6.45, 7) is 2.02. The summed E-state index contributed by atoms with van der Waals surface area (Å²) in [5.41, 5.74) is 3.37. The molecule has 0 N–H and O–H groups in total. The molecule has 2 nitrogen and oxygen atoms in total. The van der Waals surface area contributed by atoms with E-state index < -0.39 is 0 Å². The van der Waals surface area contributed by atoms with Gasteiger partial charge in [0.25, 0.3) is 0 Å². The number of benzene rings is 2. The van der Waals surface area contributed by atoms with Gasteiger partial charge < -0.3 is 4.42 Å². The first-order valence-corrected chi connectivity index (χ1v) is 5.79. The lowest BCUT2D eigenvalue weighted by Crippen LogP contribution is -1.76. The number of nitrogens with zero attached hydrogens (tertiary/aromatic N) is 1. The number of aryl methyl sites for hydroxylation is 1. The Labute approximate surface area is 105 Å². The Balaban J connectivity index is 2.34. The Hall–Kier alpha value is -2.53. The third kappa shape index (κ3) is 1.49. The Bertz CT molecular complexity index is 748. The van der Waals surface area contributed by atoms with Crippen LogP contribution in [0.3, 0.4) is 0 Å². The molecular formula is C16H11NO. The summed E-state index contributed by atoms with van der Waals surface area (Å²) in [7, 11) is 0. The molecule has 0 aliphatic rings. The quantitative estimate of drug-likeness (QED) is 0.629. The minimum absolute atomic E-state index is 0.581. The van der Waals surface area contributed by atoms with E-state index in [1.54, 1.807) is 6.07 Å². The summed E-state index contributed by atoms with van der Waals surface area (Å²) >= 11 is 0. The molecule has 0 aliphatic heterocycles. The maximum atomic E-state index is 9.10. The van der Waals surface area contributed by atoms with Crippen LogP contribution < -0.4 is 0 Å². The summed E-state index contributed by atoms with van der Waals surface area (Å²) in [5, 5.41) is 10.1. The smallest absolute Gasteiger partial charge is 0.152 e. The first-order valence-electron chi connectivity index (χ1n) is 5.79. The third-order valence-electron chi connectivity index (χ3n) is 3.12. The third-order valence-corrected chi connectivity index (χ3v) is 3.12. The van der Waals surface area contributed by atoms with Crippen LogP contribution in [0, 0.1) is 18.3 Å². The molecule has 1 heterocycles. The van der Waals surface area contributed by atoms with Crippen molar-refractivity contribution in [2.24, 2.45) is 0 Å². The molecule has 0 saturated carbocycles. The van der Waals surface area contributed by atoms with Gasteiger partial charge in [-0.2, -0.15) is 5.26 Å². The number of nitriles is 1. The van der Waals surface area contributed by atoms with E-state index in [2.05, 4.69) is 6.07 Å². The maximum absolute atomic E-state index is 9.10. The van der Waals surface area contributed by atoms with Gasteiger partial charge in [0.05, 0.1) is 5.56 Å². The van der Waals surface area contributed by atoms with Crippen LogP contribution in [-0.4, -0.2) is 0 Å². The van der Waals surface area contributed by atoms with E-state index in [1.165, 1.54) is 0 Å². The second-order valence-electron chi connectivity index (χ2n) is 4.22. The van der Waals surface area contributed by atoms with Crippen molar-refractivity contribution in [3.63, 3.8) is 0 Å². The summed E-state index contributed by atoms with van der Waals surface area (Å²) in [4.78, 5) is 0. The van der Waals surface area contributed by atoms with Crippen molar-refractivity contribution in [1.82, 2.24) is 0 Å². The molecule has 0 spiro atoms. The van der Waals surface area contributed by atoms with Gasteiger partial charge in [-0.15, -0.1) is 0 Å². The fraction of sp³-hybridized carbons (Fsp3) is 0.0625. The molecule has 0 fully saturated rings. The highest BCUT2D eigenvalue weighted by Crippen LogP contribution is 2.34. The number of hydrogen-bond acceptors (Lipinski definition) is 2. The van der Waals surface area contributed by atoms with E-state index in [4.69, 9.17) is 9.68 Å². The zero-order valence-electron chi connectivity index (χ0n) is 9.97. The molecule has 3 aromatic rings. The lowest BCUT2D eigenvalue weighted by molar-refractivity contribution is 0.628. The summed E-state index contributed by atoms with van der Waals surface area (Å²) in [5.74, 6) is 0.841. The first kappa shape index (κ1) is 10.6. The van der Waals surface area contributed by atoms with Crippen LogP contribution in [0.15, 0.2) is 52.9 Å². The summed E-state index contributed by atoms with van der Waals surface area (Å²) in [6.07, 6.45) is 0. The Morgan fingerprint density at radius 2 is 1.78 bits per heavy atom. The second-order valence-corrected chi connectivity index (χ2v) is 4.22. The van der Waals surface area contributed by atoms with Crippen molar-refractivity contribution in [3.05, 3.63) is 59.7 Å². The number of furan rings is 1. The fourth-order valence-electron chi connectivity index (χ4n) is 2.20. The molecule has 3 rings (SSSR count). The van der Waals surface area contributed by atoms with Crippen LogP contribution in [0.1, 0.15) is 11.1 Å². The lowest BCUT2D eigenvalue weighted by Gasteiger charge is -1.96. The van der Waals surface area contributed by atoms with Crippen molar-refractivity contribution in [2.45, 2.75) is 6.92 Å². The second kappa shape index (κ2) is 4.05. The van der Waals surface area contributed by atoms with Crippen LogP contribution in [0.4, 0.5) is 0 Å². The lowest BCUT2D eigenvalue weighted by atomic mass is 10.1. The first-order chi connectivity index (χ1) is 8.81. The SMILES string of the molecule is Cc1c(-c2ccccc2)oc2c(C#N)cccc12. The van der Waals surface area contributed by atoms with Gasteiger partial charge in [-0.3, -0.25) is 0 Å². The van der Waals surface area contributed by atoms with Crippen LogP contribution in [0.25, 0.3) is 22.3 Å². The number of hydrogen-bond donors (Lipinski definition) is 0. The number of para-hydroxylation sites is 1. The molecule has 0 bridgehead atoms. The van der Waals surface area contributed by atoms with Crippen molar-refractivity contribution in [1.29, 1.82) is 5.26 Å². The normalized spacial score (nSPS) is 10.4. The Kier molecular flexibility index (Phi) is 2.39. The largest absolute Gasteiger partial charge is 0.454 e. The molecule has 1 aromatic heterocycles. The van der Waals surface area contributed by atoms with E-state index in [1.807, 2.05) is 49.4 Å². The van der Waals surface area contributed by atoms with Crippen molar-refractivity contribution in [2.75, 3.05) is 0 Å².